The molecule has 8 nitrogen and oxygen atoms in total. The molecule has 0 radical (unpaired) electrons. The largest absolute Gasteiger partial charge is 0.493 e. The van der Waals surface area contributed by atoms with E-state index in [0.29, 0.717) is 36.1 Å². The average molecular weight is 444 g/mol. The predicted octanol–water partition coefficient (Wildman–Crippen LogP) is 2.70. The number of methoxy groups -OCH3 is 2. The summed E-state index contributed by atoms with van der Waals surface area (Å²) in [4.78, 5) is 14.9. The lowest BCUT2D eigenvalue weighted by Crippen LogP contribution is -2.45. The summed E-state index contributed by atoms with van der Waals surface area (Å²) in [7, 11) is -0.620. The number of sulfonamides is 1. The molecule has 1 saturated heterocycles. The van der Waals surface area contributed by atoms with Crippen molar-refractivity contribution in [2.45, 2.75) is 24.2 Å². The van der Waals surface area contributed by atoms with Gasteiger partial charge in [-0.3, -0.25) is 4.79 Å². The average Bonchev–Trinajstić information content (AvgIpc) is 2.78. The van der Waals surface area contributed by atoms with E-state index >= 15 is 0 Å². The van der Waals surface area contributed by atoms with E-state index in [1.165, 1.54) is 6.07 Å². The van der Waals surface area contributed by atoms with Crippen LogP contribution in [0.15, 0.2) is 51.8 Å². The number of nitrogens with zero attached hydrogens (tertiary/aromatic N) is 2. The second kappa shape index (κ2) is 8.58. The van der Waals surface area contributed by atoms with E-state index < -0.39 is 10.0 Å². The summed E-state index contributed by atoms with van der Waals surface area (Å²) >= 11 is 0. The van der Waals surface area contributed by atoms with Crippen LogP contribution in [0.2, 0.25) is 0 Å². The van der Waals surface area contributed by atoms with Gasteiger partial charge in [-0.1, -0.05) is 18.2 Å². The third-order valence-corrected chi connectivity index (χ3v) is 6.96. The molecule has 1 unspecified atom stereocenters. The number of carbonyl (C=O) groups excluding carboxylic acids is 1. The van der Waals surface area contributed by atoms with Crippen LogP contribution in [-0.4, -0.2) is 52.4 Å². The van der Waals surface area contributed by atoms with Gasteiger partial charge in [-0.2, -0.15) is 8.42 Å². The highest BCUT2D eigenvalue weighted by molar-refractivity contribution is 7.90. The number of amidine groups is 1. The number of piperidine rings is 1. The van der Waals surface area contributed by atoms with Gasteiger partial charge in [-0.05, 0) is 42.7 Å². The summed E-state index contributed by atoms with van der Waals surface area (Å²) < 4.78 is 39.7. The molecular formula is C22H25N3O5S. The number of ether oxygens (including phenoxy) is 2. The SMILES string of the molecule is COc1ccc(CC(=O)N2CCCC(C3=NS(=O)(=O)c4ccccc4N3)C2)cc1OC. The van der Waals surface area contributed by atoms with E-state index in [-0.39, 0.29) is 23.1 Å². The van der Waals surface area contributed by atoms with Crippen LogP contribution in [0.4, 0.5) is 5.69 Å². The van der Waals surface area contributed by atoms with Gasteiger partial charge in [-0.15, -0.1) is 4.40 Å². The van der Waals surface area contributed by atoms with Crippen LogP contribution in [0.5, 0.6) is 11.5 Å². The molecule has 1 fully saturated rings. The van der Waals surface area contributed by atoms with Gasteiger partial charge in [-0.25, -0.2) is 0 Å². The summed E-state index contributed by atoms with van der Waals surface area (Å²) in [6.07, 6.45) is 1.78. The summed E-state index contributed by atoms with van der Waals surface area (Å²) in [5, 5.41) is 3.16. The first-order valence-electron chi connectivity index (χ1n) is 10.1. The van der Waals surface area contributed by atoms with Gasteiger partial charge in [0.2, 0.25) is 5.91 Å². The van der Waals surface area contributed by atoms with Crippen molar-refractivity contribution in [1.82, 2.24) is 4.90 Å². The molecule has 2 aliphatic rings. The predicted molar refractivity (Wildman–Crippen MR) is 117 cm³/mol. The van der Waals surface area contributed by atoms with Gasteiger partial charge in [0.1, 0.15) is 10.7 Å². The molecule has 4 rings (SSSR count). The Labute approximate surface area is 181 Å². The van der Waals surface area contributed by atoms with Gasteiger partial charge in [0.15, 0.2) is 11.5 Å². The number of benzene rings is 2. The molecule has 2 aromatic carbocycles. The number of nitrogens with one attached hydrogen (secondary N) is 1. The highest BCUT2D eigenvalue weighted by Gasteiger charge is 2.32. The van der Waals surface area contributed by atoms with Crippen molar-refractivity contribution in [2.24, 2.45) is 10.3 Å². The number of para-hydroxylation sites is 1. The van der Waals surface area contributed by atoms with Gasteiger partial charge >= 0.3 is 0 Å². The molecule has 0 saturated carbocycles. The number of rotatable bonds is 5. The zero-order valence-electron chi connectivity index (χ0n) is 17.5. The quantitative estimate of drug-likeness (QED) is 0.763. The number of carbonyl (C=O) groups is 1. The second-order valence-electron chi connectivity index (χ2n) is 7.62. The Balaban J connectivity index is 1.48. The highest BCUT2D eigenvalue weighted by Crippen LogP contribution is 2.31. The Morgan fingerprint density at radius 1 is 1.16 bits per heavy atom. The topological polar surface area (TPSA) is 97.3 Å². The Bertz CT molecular complexity index is 1130. The van der Waals surface area contributed by atoms with Crippen LogP contribution in [0.1, 0.15) is 18.4 Å². The van der Waals surface area contributed by atoms with Gasteiger partial charge in [0.05, 0.1) is 26.3 Å². The highest BCUT2D eigenvalue weighted by atomic mass is 32.2. The fourth-order valence-electron chi connectivity index (χ4n) is 4.01. The molecule has 0 bridgehead atoms. The van der Waals surface area contributed by atoms with Crippen LogP contribution in [-0.2, 0) is 21.2 Å². The Morgan fingerprint density at radius 2 is 1.94 bits per heavy atom. The summed E-state index contributed by atoms with van der Waals surface area (Å²) in [5.41, 5.74) is 1.36. The molecule has 0 aliphatic carbocycles. The van der Waals surface area contributed by atoms with E-state index in [0.717, 1.165) is 18.4 Å². The number of fused-ring (bicyclic) bond motifs is 1. The number of hydrogen-bond acceptors (Lipinski definition) is 6. The van der Waals surface area contributed by atoms with Crippen molar-refractivity contribution >= 4 is 27.5 Å². The molecular weight excluding hydrogens is 418 g/mol. The lowest BCUT2D eigenvalue weighted by Gasteiger charge is -2.34. The lowest BCUT2D eigenvalue weighted by molar-refractivity contribution is -0.131. The molecule has 9 heteroatoms. The van der Waals surface area contributed by atoms with Crippen LogP contribution >= 0.6 is 0 Å². The summed E-state index contributed by atoms with van der Waals surface area (Å²) in [6, 6.07) is 12.1. The minimum absolute atomic E-state index is 0.0170. The fraction of sp³-hybridized carbons (Fsp3) is 0.364. The van der Waals surface area contributed by atoms with Crippen molar-refractivity contribution in [2.75, 3.05) is 32.6 Å². The number of hydrogen-bond donors (Lipinski definition) is 1. The molecule has 0 spiro atoms. The van der Waals surface area contributed by atoms with Crippen LogP contribution in [0, 0.1) is 5.92 Å². The molecule has 2 heterocycles. The molecule has 1 atom stereocenters. The van der Waals surface area contributed by atoms with Crippen LogP contribution in [0.25, 0.3) is 0 Å². The van der Waals surface area contributed by atoms with E-state index in [2.05, 4.69) is 9.71 Å². The first kappa shape index (κ1) is 21.2. The normalized spacial score (nSPS) is 19.6. The zero-order chi connectivity index (χ0) is 22.0. The van der Waals surface area contributed by atoms with Gasteiger partial charge in [0.25, 0.3) is 10.0 Å². The fourth-order valence-corrected chi connectivity index (χ4v) is 5.21. The lowest BCUT2D eigenvalue weighted by atomic mass is 9.96. The van der Waals surface area contributed by atoms with Crippen LogP contribution < -0.4 is 14.8 Å². The van der Waals surface area contributed by atoms with Crippen LogP contribution in [0.3, 0.4) is 0 Å². The van der Waals surface area contributed by atoms with E-state index in [9.17, 15) is 13.2 Å². The standard InChI is InChI=1S/C22H25N3O5S/c1-29-18-10-9-15(12-19(18)30-2)13-21(26)25-11-5-6-16(14-25)22-23-17-7-3-4-8-20(17)31(27,28)24-22/h3-4,7-10,12,16H,5-6,11,13-14H2,1-2H3,(H,23,24). The molecule has 1 N–H and O–H groups in total. The van der Waals surface area contributed by atoms with Crippen molar-refractivity contribution in [3.8, 4) is 11.5 Å². The third-order valence-electron chi connectivity index (χ3n) is 5.61. The minimum atomic E-state index is -3.74. The Morgan fingerprint density at radius 3 is 2.71 bits per heavy atom. The van der Waals surface area contributed by atoms with E-state index in [1.807, 2.05) is 6.07 Å². The first-order chi connectivity index (χ1) is 14.9. The Hall–Kier alpha value is -3.07. The monoisotopic (exact) mass is 443 g/mol. The Kier molecular flexibility index (Phi) is 5.86. The van der Waals surface area contributed by atoms with Gasteiger partial charge < -0.3 is 19.7 Å². The smallest absolute Gasteiger partial charge is 0.286 e. The maximum Gasteiger partial charge on any atom is 0.286 e. The van der Waals surface area contributed by atoms with E-state index in [1.54, 1.807) is 49.5 Å². The molecule has 2 aromatic rings. The maximum absolute atomic E-state index is 13.0. The second-order valence-corrected chi connectivity index (χ2v) is 9.19. The molecule has 164 valence electrons. The van der Waals surface area contributed by atoms with Gasteiger partial charge in [0, 0.05) is 19.0 Å². The van der Waals surface area contributed by atoms with Crippen molar-refractivity contribution < 1.29 is 22.7 Å². The zero-order valence-corrected chi connectivity index (χ0v) is 18.3. The van der Waals surface area contributed by atoms with E-state index in [4.69, 9.17) is 9.47 Å². The third kappa shape index (κ3) is 4.36. The molecule has 2 aliphatic heterocycles. The molecule has 0 aromatic heterocycles. The van der Waals surface area contributed by atoms with Crippen molar-refractivity contribution in [1.29, 1.82) is 0 Å². The molecule has 1 amide bonds. The minimum Gasteiger partial charge on any atom is -0.493 e. The number of likely N-dealkylation sites (tertiary alicyclic amines) is 1. The first-order valence-corrected chi connectivity index (χ1v) is 11.5. The number of anilines is 1. The number of amides is 1. The summed E-state index contributed by atoms with van der Waals surface area (Å²) in [6.45, 7) is 1.06. The summed E-state index contributed by atoms with van der Waals surface area (Å²) in [5.74, 6) is 1.42. The molecule has 31 heavy (non-hydrogen) atoms. The van der Waals surface area contributed by atoms with Crippen molar-refractivity contribution in [3.63, 3.8) is 0 Å². The van der Waals surface area contributed by atoms with Crippen molar-refractivity contribution in [3.05, 3.63) is 48.0 Å². The maximum atomic E-state index is 13.0.